The predicted octanol–water partition coefficient (Wildman–Crippen LogP) is 9.83. The van der Waals surface area contributed by atoms with E-state index >= 15 is 0 Å². The fourth-order valence-corrected chi connectivity index (χ4v) is 5.59. The van der Waals surface area contributed by atoms with Crippen LogP contribution < -0.4 is 9.64 Å². The molecule has 4 aromatic rings. The molecule has 0 spiro atoms. The van der Waals surface area contributed by atoms with Gasteiger partial charge in [0.25, 0.3) is 5.91 Å². The molecule has 0 saturated carbocycles. The SMILES string of the molecule is O=C1/C(=C/c2cc(Cl)c(OCc3cccc(F)c3)c(Cl)c2)SC(=Nc2ccc(Cl)cc2)N1c1ccc(Cl)cc1. The molecule has 10 heteroatoms. The van der Waals surface area contributed by atoms with E-state index in [1.807, 2.05) is 0 Å². The van der Waals surface area contributed by atoms with Gasteiger partial charge in [0.15, 0.2) is 10.9 Å². The molecule has 0 N–H and O–H groups in total. The van der Waals surface area contributed by atoms with Gasteiger partial charge in [-0.15, -0.1) is 0 Å². The van der Waals surface area contributed by atoms with E-state index in [-0.39, 0.29) is 34.1 Å². The molecule has 39 heavy (non-hydrogen) atoms. The van der Waals surface area contributed by atoms with E-state index in [2.05, 4.69) is 4.99 Å². The standard InChI is InChI=1S/C29H17Cl4FN2O2S/c30-19-4-8-22(9-5-19)35-29-36(23-10-6-20(31)7-11-23)28(37)26(39-29)15-18-13-24(32)27(25(33)14-18)38-16-17-2-1-3-21(34)12-17/h1-15H,16H2/b26-15-,35-29?. The number of amides is 1. The van der Waals surface area contributed by atoms with Gasteiger partial charge in [-0.2, -0.15) is 0 Å². The summed E-state index contributed by atoms with van der Waals surface area (Å²) in [6.45, 7) is 0.0898. The number of anilines is 1. The van der Waals surface area contributed by atoms with Crippen LogP contribution in [0.25, 0.3) is 6.08 Å². The van der Waals surface area contributed by atoms with Gasteiger partial charge < -0.3 is 4.74 Å². The quantitative estimate of drug-likeness (QED) is 0.202. The van der Waals surface area contributed by atoms with Crippen LogP contribution in [-0.4, -0.2) is 11.1 Å². The van der Waals surface area contributed by atoms with Gasteiger partial charge in [0.1, 0.15) is 12.4 Å². The average Bonchev–Trinajstić information content (AvgIpc) is 3.19. The number of hydrogen-bond donors (Lipinski definition) is 0. The molecule has 4 aromatic carbocycles. The minimum atomic E-state index is -0.361. The minimum absolute atomic E-state index is 0.0898. The second kappa shape index (κ2) is 12.0. The van der Waals surface area contributed by atoms with Crippen molar-refractivity contribution in [3.8, 4) is 5.75 Å². The molecule has 4 nitrogen and oxygen atoms in total. The maximum absolute atomic E-state index is 13.6. The summed E-state index contributed by atoms with van der Waals surface area (Å²) in [4.78, 5) is 20.2. The van der Waals surface area contributed by atoms with Crippen LogP contribution in [0.3, 0.4) is 0 Å². The van der Waals surface area contributed by atoms with Gasteiger partial charge >= 0.3 is 0 Å². The highest BCUT2D eigenvalue weighted by Crippen LogP contribution is 2.40. The van der Waals surface area contributed by atoms with Gasteiger partial charge in [-0.25, -0.2) is 9.38 Å². The molecule has 1 fully saturated rings. The summed E-state index contributed by atoms with van der Waals surface area (Å²) in [6, 6.07) is 23.3. The summed E-state index contributed by atoms with van der Waals surface area (Å²) < 4.78 is 19.2. The Morgan fingerprint density at radius 1 is 0.872 bits per heavy atom. The lowest BCUT2D eigenvalue weighted by atomic mass is 10.2. The normalized spacial score (nSPS) is 15.4. The Bertz CT molecular complexity index is 1590. The van der Waals surface area contributed by atoms with Crippen LogP contribution in [0, 0.1) is 5.82 Å². The monoisotopic (exact) mass is 616 g/mol. The van der Waals surface area contributed by atoms with Crippen molar-refractivity contribution in [2.75, 3.05) is 4.90 Å². The third kappa shape index (κ3) is 6.60. The number of benzene rings is 4. The highest BCUT2D eigenvalue weighted by molar-refractivity contribution is 8.19. The summed E-state index contributed by atoms with van der Waals surface area (Å²) >= 11 is 26.2. The van der Waals surface area contributed by atoms with E-state index in [0.29, 0.717) is 42.6 Å². The summed E-state index contributed by atoms with van der Waals surface area (Å²) in [6.07, 6.45) is 1.69. The Morgan fingerprint density at radius 2 is 1.51 bits per heavy atom. The third-order valence-electron chi connectivity index (χ3n) is 5.53. The van der Waals surface area contributed by atoms with Gasteiger partial charge in [-0.1, -0.05) is 58.5 Å². The zero-order valence-corrected chi connectivity index (χ0v) is 23.7. The van der Waals surface area contributed by atoms with Gasteiger partial charge in [-0.05, 0) is 102 Å². The van der Waals surface area contributed by atoms with Gasteiger partial charge in [0, 0.05) is 10.0 Å². The molecule has 0 aromatic heterocycles. The lowest BCUT2D eigenvalue weighted by Gasteiger charge is -2.15. The number of rotatable bonds is 6. The smallest absolute Gasteiger partial charge is 0.271 e. The lowest BCUT2D eigenvalue weighted by Crippen LogP contribution is -2.28. The first-order chi connectivity index (χ1) is 18.8. The van der Waals surface area contributed by atoms with Crippen molar-refractivity contribution in [1.82, 2.24) is 0 Å². The molecule has 0 aliphatic carbocycles. The molecule has 5 rings (SSSR count). The van der Waals surface area contributed by atoms with E-state index in [1.54, 1.807) is 78.9 Å². The van der Waals surface area contributed by atoms with Gasteiger partial charge in [0.2, 0.25) is 0 Å². The largest absolute Gasteiger partial charge is 0.486 e. The number of ether oxygens (including phenoxy) is 1. The maximum Gasteiger partial charge on any atom is 0.271 e. The first-order valence-electron chi connectivity index (χ1n) is 11.5. The third-order valence-corrected chi connectivity index (χ3v) is 7.57. The van der Waals surface area contributed by atoms with E-state index in [1.165, 1.54) is 28.8 Å². The topological polar surface area (TPSA) is 41.9 Å². The van der Waals surface area contributed by atoms with Crippen molar-refractivity contribution in [3.63, 3.8) is 0 Å². The van der Waals surface area contributed by atoms with Crippen LogP contribution in [0.2, 0.25) is 20.1 Å². The number of hydrogen-bond acceptors (Lipinski definition) is 4. The molecule has 0 radical (unpaired) electrons. The summed E-state index contributed by atoms with van der Waals surface area (Å²) in [7, 11) is 0. The Hall–Kier alpha value is -3.00. The second-order valence-electron chi connectivity index (χ2n) is 8.33. The average molecular weight is 618 g/mol. The van der Waals surface area contributed by atoms with Gasteiger partial charge in [-0.3, -0.25) is 9.69 Å². The minimum Gasteiger partial charge on any atom is -0.486 e. The first-order valence-corrected chi connectivity index (χ1v) is 13.8. The lowest BCUT2D eigenvalue weighted by molar-refractivity contribution is -0.113. The number of amidine groups is 1. The van der Waals surface area contributed by atoms with Crippen molar-refractivity contribution >= 4 is 86.7 Å². The molecule has 0 bridgehead atoms. The molecular weight excluding hydrogens is 601 g/mol. The maximum atomic E-state index is 13.6. The van der Waals surface area contributed by atoms with Crippen molar-refractivity contribution < 1.29 is 13.9 Å². The molecule has 196 valence electrons. The highest BCUT2D eigenvalue weighted by Gasteiger charge is 2.35. The van der Waals surface area contributed by atoms with Crippen molar-refractivity contribution in [2.24, 2.45) is 4.99 Å². The Morgan fingerprint density at radius 3 is 2.15 bits per heavy atom. The molecule has 0 atom stereocenters. The second-order valence-corrected chi connectivity index (χ2v) is 11.0. The van der Waals surface area contributed by atoms with Crippen molar-refractivity contribution in [3.05, 3.63) is 127 Å². The molecule has 1 aliphatic heterocycles. The fraction of sp³-hybridized carbons (Fsp3) is 0.0345. The summed E-state index contributed by atoms with van der Waals surface area (Å²) in [5.74, 6) is -0.364. The Balaban J connectivity index is 1.45. The molecule has 1 amide bonds. The molecule has 0 unspecified atom stereocenters. The summed E-state index contributed by atoms with van der Waals surface area (Å²) in [5.41, 5.74) is 2.49. The molecular formula is C29H17Cl4FN2O2S. The molecule has 1 saturated heterocycles. The van der Waals surface area contributed by atoms with Crippen LogP contribution >= 0.6 is 58.2 Å². The predicted molar refractivity (Wildman–Crippen MR) is 160 cm³/mol. The molecule has 1 aliphatic rings. The molecule has 1 heterocycles. The van der Waals surface area contributed by atoms with Crippen LogP contribution in [-0.2, 0) is 11.4 Å². The van der Waals surface area contributed by atoms with Gasteiger partial charge in [0.05, 0.1) is 26.3 Å². The van der Waals surface area contributed by atoms with E-state index in [9.17, 15) is 9.18 Å². The number of carbonyl (C=O) groups excluding carboxylic acids is 1. The van der Waals surface area contributed by atoms with E-state index in [4.69, 9.17) is 51.1 Å². The zero-order chi connectivity index (χ0) is 27.5. The van der Waals surface area contributed by atoms with Crippen LogP contribution in [0.4, 0.5) is 15.8 Å². The first kappa shape index (κ1) is 27.6. The van der Waals surface area contributed by atoms with Crippen LogP contribution in [0.5, 0.6) is 5.75 Å². The fourth-order valence-electron chi connectivity index (χ4n) is 3.73. The van der Waals surface area contributed by atoms with E-state index in [0.717, 1.165) is 0 Å². The van der Waals surface area contributed by atoms with E-state index < -0.39 is 0 Å². The number of carbonyl (C=O) groups is 1. The Labute approximate surface area is 248 Å². The van der Waals surface area contributed by atoms with Crippen LogP contribution in [0.15, 0.2) is 94.8 Å². The summed E-state index contributed by atoms with van der Waals surface area (Å²) in [5, 5.41) is 2.11. The van der Waals surface area contributed by atoms with Crippen LogP contribution in [0.1, 0.15) is 11.1 Å². The Kier molecular flexibility index (Phi) is 8.50. The highest BCUT2D eigenvalue weighted by atomic mass is 35.5. The zero-order valence-electron chi connectivity index (χ0n) is 19.9. The number of nitrogens with zero attached hydrogens (tertiary/aromatic N) is 2. The van der Waals surface area contributed by atoms with Crippen molar-refractivity contribution in [1.29, 1.82) is 0 Å². The van der Waals surface area contributed by atoms with Crippen molar-refractivity contribution in [2.45, 2.75) is 6.61 Å². The number of thioether (sulfide) groups is 1. The number of aliphatic imine (C=N–C) groups is 1. The number of halogens is 5.